The topological polar surface area (TPSA) is 147 Å². The van der Waals surface area contributed by atoms with Crippen molar-refractivity contribution in [3.63, 3.8) is 0 Å². The molecule has 0 saturated heterocycles. The minimum atomic E-state index is -4.44. The highest BCUT2D eigenvalue weighted by molar-refractivity contribution is 7.85. The van der Waals surface area contributed by atoms with Crippen LogP contribution in [0.5, 0.6) is 0 Å². The molecule has 2 aromatic heterocycles. The van der Waals surface area contributed by atoms with E-state index in [1.807, 2.05) is 23.9 Å². The molecule has 0 bridgehead atoms. The van der Waals surface area contributed by atoms with E-state index in [1.165, 1.54) is 15.8 Å². The van der Waals surface area contributed by atoms with Crippen molar-refractivity contribution in [1.29, 1.82) is 0 Å². The molecule has 3 N–H and O–H groups in total. The molecule has 1 fully saturated rings. The summed E-state index contributed by atoms with van der Waals surface area (Å²) in [5.74, 6) is 0.363. The second kappa shape index (κ2) is 9.10. The Bertz CT molecular complexity index is 1360. The number of hydrogen-bond donors (Lipinski definition) is 3. The third-order valence-electron chi connectivity index (χ3n) is 7.07. The summed E-state index contributed by atoms with van der Waals surface area (Å²) in [5, 5.41) is 20.0. The largest absolute Gasteiger partial charge is 0.464 e. The van der Waals surface area contributed by atoms with E-state index in [9.17, 15) is 18.3 Å². The predicted molar refractivity (Wildman–Crippen MR) is 127 cm³/mol. The fourth-order valence-corrected chi connectivity index (χ4v) is 6.04. The standard InChI is InChI=1S/C23H27N5O6S/c1-27(19-7-6-14-4-2-3-5-17(14)19)21-18-8-9-28(22(18)25-13-24-21)16-10-15(20(29)11-16)12-34-35(32,33)26-23(30)31/h2-5,8-9,13,15-16,19-20,26,29H,6-7,10-12H2,1H3,(H,30,31)/t15-,16+,19?,20-/m0/s1. The van der Waals surface area contributed by atoms with Crippen molar-refractivity contribution in [1.82, 2.24) is 19.3 Å². The molecular weight excluding hydrogens is 474 g/mol. The molecular formula is C23H27N5O6S. The maximum Gasteiger partial charge on any atom is 0.420 e. The van der Waals surface area contributed by atoms with Crippen molar-refractivity contribution >= 4 is 33.2 Å². The van der Waals surface area contributed by atoms with Crippen molar-refractivity contribution in [3.8, 4) is 0 Å². The van der Waals surface area contributed by atoms with Crippen molar-refractivity contribution < 1.29 is 27.6 Å². The first kappa shape index (κ1) is 23.5. The third-order valence-corrected chi connectivity index (χ3v) is 7.94. The minimum absolute atomic E-state index is 0.119. The highest BCUT2D eigenvalue weighted by Crippen LogP contribution is 2.41. The van der Waals surface area contributed by atoms with E-state index < -0.39 is 28.4 Å². The quantitative estimate of drug-likeness (QED) is 0.444. The number of hydrogen-bond acceptors (Lipinski definition) is 8. The summed E-state index contributed by atoms with van der Waals surface area (Å²) < 4.78 is 31.4. The average molecular weight is 502 g/mol. The molecule has 35 heavy (non-hydrogen) atoms. The number of aryl methyl sites for hydroxylation is 1. The Morgan fingerprint density at radius 2 is 2.06 bits per heavy atom. The molecule has 5 rings (SSSR count). The number of anilines is 1. The van der Waals surface area contributed by atoms with E-state index in [1.54, 1.807) is 6.33 Å². The zero-order valence-electron chi connectivity index (χ0n) is 19.1. The van der Waals surface area contributed by atoms with Crippen LogP contribution in [0.4, 0.5) is 10.6 Å². The van der Waals surface area contributed by atoms with Gasteiger partial charge in [0.05, 0.1) is 24.1 Å². The fraction of sp³-hybridized carbons (Fsp3) is 0.435. The molecule has 12 heteroatoms. The van der Waals surface area contributed by atoms with E-state index in [-0.39, 0.29) is 18.7 Å². The predicted octanol–water partition coefficient (Wildman–Crippen LogP) is 2.40. The van der Waals surface area contributed by atoms with Crippen molar-refractivity contribution in [2.24, 2.45) is 5.92 Å². The third kappa shape index (κ3) is 4.56. The van der Waals surface area contributed by atoms with E-state index in [0.29, 0.717) is 12.8 Å². The first-order valence-corrected chi connectivity index (χ1v) is 12.8. The van der Waals surface area contributed by atoms with Gasteiger partial charge < -0.3 is 19.7 Å². The van der Waals surface area contributed by atoms with Gasteiger partial charge in [-0.3, -0.25) is 4.18 Å². The Kier molecular flexibility index (Phi) is 6.11. The molecule has 2 aliphatic carbocycles. The maximum absolute atomic E-state index is 11.7. The summed E-state index contributed by atoms with van der Waals surface area (Å²) >= 11 is 0. The van der Waals surface area contributed by atoms with Crippen LogP contribution in [0, 0.1) is 5.92 Å². The van der Waals surface area contributed by atoms with Gasteiger partial charge in [-0.2, -0.15) is 13.1 Å². The summed E-state index contributed by atoms with van der Waals surface area (Å²) in [4.78, 5) is 21.9. The monoisotopic (exact) mass is 501 g/mol. The van der Waals surface area contributed by atoms with E-state index in [0.717, 1.165) is 29.7 Å². The first-order valence-electron chi connectivity index (χ1n) is 11.4. The Morgan fingerprint density at radius 1 is 1.26 bits per heavy atom. The average Bonchev–Trinajstić information content (AvgIpc) is 3.52. The van der Waals surface area contributed by atoms with Crippen LogP contribution < -0.4 is 9.62 Å². The van der Waals surface area contributed by atoms with Gasteiger partial charge in [-0.15, -0.1) is 0 Å². The molecule has 0 radical (unpaired) electrons. The van der Waals surface area contributed by atoms with Gasteiger partial charge in [0.15, 0.2) is 0 Å². The molecule has 4 atom stereocenters. The zero-order valence-corrected chi connectivity index (χ0v) is 19.9. The van der Waals surface area contributed by atoms with Crippen LogP contribution >= 0.6 is 0 Å². The molecule has 186 valence electrons. The molecule has 11 nitrogen and oxygen atoms in total. The van der Waals surface area contributed by atoms with Gasteiger partial charge >= 0.3 is 16.4 Å². The molecule has 3 aromatic rings. The van der Waals surface area contributed by atoms with Gasteiger partial charge in [-0.05, 0) is 42.9 Å². The van der Waals surface area contributed by atoms with Gasteiger partial charge in [0.1, 0.15) is 17.8 Å². The lowest BCUT2D eigenvalue weighted by atomic mass is 10.1. The second-order valence-corrected chi connectivity index (χ2v) is 10.5. The number of carboxylic acid groups (broad SMARTS) is 1. The number of aliphatic hydroxyl groups excluding tert-OH is 1. The minimum Gasteiger partial charge on any atom is -0.464 e. The van der Waals surface area contributed by atoms with E-state index in [4.69, 9.17) is 9.29 Å². The van der Waals surface area contributed by atoms with Gasteiger partial charge in [0, 0.05) is 25.2 Å². The Morgan fingerprint density at radius 3 is 2.86 bits per heavy atom. The molecule has 0 aliphatic heterocycles. The molecule has 2 aliphatic rings. The first-order chi connectivity index (χ1) is 16.7. The van der Waals surface area contributed by atoms with Crippen LogP contribution in [-0.4, -0.2) is 59.0 Å². The lowest BCUT2D eigenvalue weighted by Gasteiger charge is -2.27. The SMILES string of the molecule is CN(c1ncnc2c1ccn2[C@@H]1C[C@@H](COS(=O)(=O)NC(=O)O)[C@@H](O)C1)C1CCc2ccccc21. The van der Waals surface area contributed by atoms with Gasteiger partial charge in [0.2, 0.25) is 0 Å². The number of rotatable bonds is 7. The molecule has 2 heterocycles. The fourth-order valence-electron chi connectivity index (χ4n) is 5.41. The number of amides is 1. The van der Waals surface area contributed by atoms with Crippen molar-refractivity contribution in [3.05, 3.63) is 54.0 Å². The highest BCUT2D eigenvalue weighted by atomic mass is 32.2. The Hall–Kier alpha value is -3.22. The molecule has 1 aromatic carbocycles. The van der Waals surface area contributed by atoms with Crippen molar-refractivity contribution in [2.45, 2.75) is 43.9 Å². The molecule has 1 amide bonds. The smallest absolute Gasteiger partial charge is 0.420 e. The number of aliphatic hydroxyl groups is 1. The summed E-state index contributed by atoms with van der Waals surface area (Å²) in [6, 6.07) is 10.5. The number of nitrogens with zero attached hydrogens (tertiary/aromatic N) is 4. The van der Waals surface area contributed by atoms with Gasteiger partial charge in [-0.25, -0.2) is 14.8 Å². The van der Waals surface area contributed by atoms with E-state index in [2.05, 4.69) is 39.1 Å². The van der Waals surface area contributed by atoms with Crippen LogP contribution in [0.1, 0.15) is 42.5 Å². The Labute approximate surface area is 202 Å². The molecule has 1 unspecified atom stereocenters. The summed E-state index contributed by atoms with van der Waals surface area (Å²) in [7, 11) is -2.39. The number of nitrogens with one attached hydrogen (secondary N) is 1. The zero-order chi connectivity index (χ0) is 24.7. The molecule has 0 spiro atoms. The Balaban J connectivity index is 1.35. The van der Waals surface area contributed by atoms with Crippen LogP contribution in [-0.2, 0) is 20.9 Å². The number of fused-ring (bicyclic) bond motifs is 2. The molecule has 1 saturated carbocycles. The van der Waals surface area contributed by atoms with Crippen LogP contribution in [0.2, 0.25) is 0 Å². The normalized spacial score (nSPS) is 23.9. The lowest BCUT2D eigenvalue weighted by Crippen LogP contribution is -2.32. The van der Waals surface area contributed by atoms with Crippen molar-refractivity contribution in [2.75, 3.05) is 18.6 Å². The van der Waals surface area contributed by atoms with E-state index >= 15 is 0 Å². The van der Waals surface area contributed by atoms with Gasteiger partial charge in [0.25, 0.3) is 0 Å². The number of carbonyl (C=O) groups is 1. The summed E-state index contributed by atoms with van der Waals surface area (Å²) in [5.41, 5.74) is 3.42. The maximum atomic E-state index is 11.7. The summed E-state index contributed by atoms with van der Waals surface area (Å²) in [6.07, 6.45) is 3.84. The lowest BCUT2D eigenvalue weighted by molar-refractivity contribution is 0.0997. The summed E-state index contributed by atoms with van der Waals surface area (Å²) in [6.45, 7) is -0.316. The highest BCUT2D eigenvalue weighted by Gasteiger charge is 2.36. The number of benzene rings is 1. The van der Waals surface area contributed by atoms with Gasteiger partial charge in [-0.1, -0.05) is 24.3 Å². The van der Waals surface area contributed by atoms with Crippen LogP contribution in [0.15, 0.2) is 42.9 Å². The number of aromatic nitrogens is 3. The second-order valence-electron chi connectivity index (χ2n) is 9.12. The van der Waals surface area contributed by atoms with Crippen LogP contribution in [0.25, 0.3) is 11.0 Å². The van der Waals surface area contributed by atoms with Crippen LogP contribution in [0.3, 0.4) is 0 Å².